The molecule has 0 aliphatic heterocycles. The number of alkyl halides is 1. The molecule has 1 nitrogen and oxygen atoms in total. The Morgan fingerprint density at radius 3 is 2.40 bits per heavy atom. The fraction of sp³-hybridized carbons (Fsp3) is 0.462. The minimum atomic E-state index is 0.0743. The number of carbonyl (C=O) groups is 1. The van der Waals surface area contributed by atoms with Gasteiger partial charge in [-0.25, -0.2) is 0 Å². The van der Waals surface area contributed by atoms with E-state index in [2.05, 4.69) is 31.2 Å². The van der Waals surface area contributed by atoms with E-state index in [0.717, 1.165) is 12.8 Å². The lowest BCUT2D eigenvalue weighted by atomic mass is 9.93. The monoisotopic (exact) mass is 224 g/mol. The predicted octanol–water partition coefficient (Wildman–Crippen LogP) is 3.37. The first kappa shape index (κ1) is 12.3. The summed E-state index contributed by atoms with van der Waals surface area (Å²) in [4.78, 5) is 11.3. The number of benzene rings is 1. The maximum Gasteiger partial charge on any atom is 0.133 e. The molecule has 1 aromatic carbocycles. The Morgan fingerprint density at radius 1 is 1.33 bits per heavy atom. The Kier molecular flexibility index (Phi) is 4.83. The van der Waals surface area contributed by atoms with Gasteiger partial charge in [0.2, 0.25) is 0 Å². The van der Waals surface area contributed by atoms with Crippen molar-refractivity contribution < 1.29 is 4.79 Å². The van der Waals surface area contributed by atoms with Crippen LogP contribution >= 0.6 is 11.6 Å². The Hall–Kier alpha value is -0.820. The zero-order valence-electron chi connectivity index (χ0n) is 9.29. The Labute approximate surface area is 96.5 Å². The first-order valence-electron chi connectivity index (χ1n) is 5.25. The maximum absolute atomic E-state index is 11.3. The summed E-state index contributed by atoms with van der Waals surface area (Å²) >= 11 is 5.68. The van der Waals surface area contributed by atoms with Gasteiger partial charge in [-0.05, 0) is 32.3 Å². The van der Waals surface area contributed by atoms with Crippen LogP contribution in [0.15, 0.2) is 24.3 Å². The SMILES string of the molecule is CC(=O)C(CCCl)Cc1ccc(C)cc1. The third-order valence-corrected chi connectivity index (χ3v) is 2.85. The van der Waals surface area contributed by atoms with Crippen LogP contribution in [0.1, 0.15) is 24.5 Å². The molecular weight excluding hydrogens is 208 g/mol. The van der Waals surface area contributed by atoms with Gasteiger partial charge in [-0.1, -0.05) is 29.8 Å². The molecule has 1 unspecified atom stereocenters. The molecule has 0 heterocycles. The lowest BCUT2D eigenvalue weighted by molar-refractivity contribution is -0.120. The molecule has 82 valence electrons. The molecule has 15 heavy (non-hydrogen) atoms. The lowest BCUT2D eigenvalue weighted by Crippen LogP contribution is -2.14. The predicted molar refractivity (Wildman–Crippen MR) is 64.4 cm³/mol. The zero-order valence-corrected chi connectivity index (χ0v) is 10.1. The quantitative estimate of drug-likeness (QED) is 0.701. The van der Waals surface area contributed by atoms with Gasteiger partial charge < -0.3 is 0 Å². The fourth-order valence-corrected chi connectivity index (χ4v) is 1.85. The zero-order chi connectivity index (χ0) is 11.3. The van der Waals surface area contributed by atoms with Gasteiger partial charge in [0.05, 0.1) is 0 Å². The number of hydrogen-bond donors (Lipinski definition) is 0. The molecule has 0 bridgehead atoms. The Balaban J connectivity index is 2.65. The highest BCUT2D eigenvalue weighted by atomic mass is 35.5. The first-order chi connectivity index (χ1) is 7.13. The van der Waals surface area contributed by atoms with Gasteiger partial charge in [-0.2, -0.15) is 0 Å². The van der Waals surface area contributed by atoms with Crippen LogP contribution in [-0.4, -0.2) is 11.7 Å². The van der Waals surface area contributed by atoms with Crippen LogP contribution < -0.4 is 0 Å². The molecule has 0 spiro atoms. The third-order valence-electron chi connectivity index (χ3n) is 2.64. The number of rotatable bonds is 5. The van der Waals surface area contributed by atoms with Crippen molar-refractivity contribution in [3.05, 3.63) is 35.4 Å². The summed E-state index contributed by atoms with van der Waals surface area (Å²) in [7, 11) is 0. The van der Waals surface area contributed by atoms with E-state index in [1.54, 1.807) is 6.92 Å². The fourth-order valence-electron chi connectivity index (χ4n) is 1.59. The van der Waals surface area contributed by atoms with Crippen LogP contribution in [0.3, 0.4) is 0 Å². The number of halogens is 1. The molecule has 0 N–H and O–H groups in total. The second-order valence-corrected chi connectivity index (χ2v) is 4.35. The van der Waals surface area contributed by atoms with E-state index in [1.165, 1.54) is 11.1 Å². The Bertz CT molecular complexity index is 316. The van der Waals surface area contributed by atoms with Crippen LogP contribution in [0.2, 0.25) is 0 Å². The summed E-state index contributed by atoms with van der Waals surface area (Å²) < 4.78 is 0. The van der Waals surface area contributed by atoms with E-state index in [9.17, 15) is 4.79 Å². The molecule has 0 saturated carbocycles. The van der Waals surface area contributed by atoms with Crippen molar-refractivity contribution in [2.24, 2.45) is 5.92 Å². The van der Waals surface area contributed by atoms with E-state index in [0.29, 0.717) is 5.88 Å². The molecule has 0 saturated heterocycles. The normalized spacial score (nSPS) is 12.5. The molecule has 0 aliphatic rings. The second kappa shape index (κ2) is 5.92. The number of aryl methyl sites for hydroxylation is 1. The van der Waals surface area contributed by atoms with Crippen molar-refractivity contribution >= 4 is 17.4 Å². The van der Waals surface area contributed by atoms with Crippen LogP contribution in [0.25, 0.3) is 0 Å². The summed E-state index contributed by atoms with van der Waals surface area (Å²) in [5.74, 6) is 0.859. The number of ketones is 1. The van der Waals surface area contributed by atoms with Crippen molar-refractivity contribution in [2.75, 3.05) is 5.88 Å². The minimum absolute atomic E-state index is 0.0743. The van der Waals surface area contributed by atoms with Crippen molar-refractivity contribution in [2.45, 2.75) is 26.7 Å². The molecule has 2 heteroatoms. The molecule has 0 amide bonds. The van der Waals surface area contributed by atoms with E-state index in [4.69, 9.17) is 11.6 Å². The van der Waals surface area contributed by atoms with Gasteiger partial charge in [0.1, 0.15) is 5.78 Å². The van der Waals surface area contributed by atoms with Gasteiger partial charge in [-0.15, -0.1) is 11.6 Å². The van der Waals surface area contributed by atoms with Crippen LogP contribution in [-0.2, 0) is 11.2 Å². The van der Waals surface area contributed by atoms with Crippen molar-refractivity contribution in [3.63, 3.8) is 0 Å². The minimum Gasteiger partial charge on any atom is -0.300 e. The first-order valence-corrected chi connectivity index (χ1v) is 5.79. The van der Waals surface area contributed by atoms with Crippen LogP contribution in [0.4, 0.5) is 0 Å². The average Bonchev–Trinajstić information content (AvgIpc) is 2.20. The summed E-state index contributed by atoms with van der Waals surface area (Å²) in [5.41, 5.74) is 2.46. The molecule has 0 aliphatic carbocycles. The van der Waals surface area contributed by atoms with E-state index in [-0.39, 0.29) is 11.7 Å². The summed E-state index contributed by atoms with van der Waals surface area (Å²) in [5, 5.41) is 0. The highest BCUT2D eigenvalue weighted by Crippen LogP contribution is 2.15. The summed E-state index contributed by atoms with van der Waals surface area (Å²) in [6.07, 6.45) is 1.58. The standard InChI is InChI=1S/C13H17ClO/c1-10-3-5-12(6-4-10)9-13(7-8-14)11(2)15/h3-6,13H,7-9H2,1-2H3. The molecule has 1 rings (SSSR count). The number of hydrogen-bond acceptors (Lipinski definition) is 1. The summed E-state index contributed by atoms with van der Waals surface area (Å²) in [6.45, 7) is 3.70. The van der Waals surface area contributed by atoms with E-state index >= 15 is 0 Å². The largest absolute Gasteiger partial charge is 0.300 e. The Morgan fingerprint density at radius 2 is 1.93 bits per heavy atom. The van der Waals surface area contributed by atoms with Crippen molar-refractivity contribution in [1.29, 1.82) is 0 Å². The average molecular weight is 225 g/mol. The van der Waals surface area contributed by atoms with Gasteiger partial charge in [0, 0.05) is 11.8 Å². The molecule has 0 radical (unpaired) electrons. The maximum atomic E-state index is 11.3. The van der Waals surface area contributed by atoms with Gasteiger partial charge in [0.25, 0.3) is 0 Å². The van der Waals surface area contributed by atoms with Crippen molar-refractivity contribution in [1.82, 2.24) is 0 Å². The molecule has 0 fully saturated rings. The molecule has 1 aromatic rings. The molecule has 1 atom stereocenters. The van der Waals surface area contributed by atoms with E-state index in [1.807, 2.05) is 0 Å². The smallest absolute Gasteiger partial charge is 0.133 e. The molecule has 0 aromatic heterocycles. The topological polar surface area (TPSA) is 17.1 Å². The molecular formula is C13H17ClO. The van der Waals surface area contributed by atoms with Gasteiger partial charge >= 0.3 is 0 Å². The van der Waals surface area contributed by atoms with Crippen LogP contribution in [0.5, 0.6) is 0 Å². The highest BCUT2D eigenvalue weighted by Gasteiger charge is 2.13. The van der Waals surface area contributed by atoms with Crippen LogP contribution in [0, 0.1) is 12.8 Å². The number of carbonyl (C=O) groups excluding carboxylic acids is 1. The third kappa shape index (κ3) is 4.05. The highest BCUT2D eigenvalue weighted by molar-refractivity contribution is 6.18. The van der Waals surface area contributed by atoms with Gasteiger partial charge in [0.15, 0.2) is 0 Å². The number of Topliss-reactive ketones (excluding diaryl/α,β-unsaturated/α-hetero) is 1. The van der Waals surface area contributed by atoms with Gasteiger partial charge in [-0.3, -0.25) is 4.79 Å². The van der Waals surface area contributed by atoms with Crippen molar-refractivity contribution in [3.8, 4) is 0 Å². The lowest BCUT2D eigenvalue weighted by Gasteiger charge is -2.12. The summed E-state index contributed by atoms with van der Waals surface area (Å²) in [6, 6.07) is 8.32. The second-order valence-electron chi connectivity index (χ2n) is 3.97. The van der Waals surface area contributed by atoms with E-state index < -0.39 is 0 Å².